The third-order valence-electron chi connectivity index (χ3n) is 3.99. The zero-order valence-corrected chi connectivity index (χ0v) is 15.3. The molecule has 1 saturated heterocycles. The van der Waals surface area contributed by atoms with Crippen LogP contribution in [0.3, 0.4) is 0 Å². The molecule has 24 heavy (non-hydrogen) atoms. The summed E-state index contributed by atoms with van der Waals surface area (Å²) < 4.78 is 5.24. The van der Waals surface area contributed by atoms with E-state index in [-0.39, 0.29) is 18.3 Å². The van der Waals surface area contributed by atoms with Crippen LogP contribution in [0.5, 0.6) is 0 Å². The molecule has 2 N–H and O–H groups in total. The number of hydrogen-bond acceptors (Lipinski definition) is 6. The molecule has 2 unspecified atom stereocenters. The maximum Gasteiger partial charge on any atom is 0.226 e. The summed E-state index contributed by atoms with van der Waals surface area (Å²) in [5.74, 6) is 1.34. The number of amides is 1. The van der Waals surface area contributed by atoms with Crippen molar-refractivity contribution in [3.8, 4) is 10.7 Å². The lowest BCUT2D eigenvalue weighted by molar-refractivity contribution is -0.122. The van der Waals surface area contributed by atoms with Gasteiger partial charge in [-0.2, -0.15) is 4.98 Å². The van der Waals surface area contributed by atoms with Crippen LogP contribution >= 0.6 is 23.7 Å². The van der Waals surface area contributed by atoms with E-state index in [2.05, 4.69) is 27.7 Å². The zero-order chi connectivity index (χ0) is 16.1. The lowest BCUT2D eigenvalue weighted by atomic mass is 10.0. The Morgan fingerprint density at radius 1 is 1.54 bits per heavy atom. The maximum atomic E-state index is 12.0. The van der Waals surface area contributed by atoms with E-state index in [1.54, 1.807) is 11.3 Å². The van der Waals surface area contributed by atoms with Crippen LogP contribution < -0.4 is 10.6 Å². The standard InChI is InChI=1S/C16H22N4O2S.ClH/c1-11-10-12(7-8-17-11)18-14(21)5-2-6-15-19-16(20-22-15)13-4-3-9-23-13;/h3-4,9,11-12,17H,2,5-8,10H2,1H3,(H,18,21);1H. The number of carbonyl (C=O) groups is 1. The van der Waals surface area contributed by atoms with E-state index >= 15 is 0 Å². The predicted octanol–water partition coefficient (Wildman–Crippen LogP) is 2.80. The van der Waals surface area contributed by atoms with Crippen molar-refractivity contribution in [2.75, 3.05) is 6.54 Å². The topological polar surface area (TPSA) is 80.1 Å². The minimum Gasteiger partial charge on any atom is -0.353 e. The van der Waals surface area contributed by atoms with Crippen LogP contribution in [0.2, 0.25) is 0 Å². The molecular weight excluding hydrogens is 348 g/mol. The average molecular weight is 371 g/mol. The van der Waals surface area contributed by atoms with E-state index in [0.717, 1.165) is 30.7 Å². The van der Waals surface area contributed by atoms with Crippen LogP contribution in [0.15, 0.2) is 22.0 Å². The van der Waals surface area contributed by atoms with E-state index in [0.29, 0.717) is 36.6 Å². The molecule has 2 atom stereocenters. The van der Waals surface area contributed by atoms with Crippen LogP contribution in [0.25, 0.3) is 10.7 Å². The number of halogens is 1. The summed E-state index contributed by atoms with van der Waals surface area (Å²) in [7, 11) is 0. The van der Waals surface area contributed by atoms with E-state index in [9.17, 15) is 4.79 Å². The van der Waals surface area contributed by atoms with Gasteiger partial charge in [-0.15, -0.1) is 23.7 Å². The van der Waals surface area contributed by atoms with Crippen LogP contribution in [-0.4, -0.2) is 34.7 Å². The molecule has 6 nitrogen and oxygen atoms in total. The molecule has 1 aliphatic rings. The Morgan fingerprint density at radius 3 is 3.17 bits per heavy atom. The van der Waals surface area contributed by atoms with Crippen molar-refractivity contribution in [1.82, 2.24) is 20.8 Å². The average Bonchev–Trinajstić information content (AvgIpc) is 3.18. The number of carbonyl (C=O) groups excluding carboxylic acids is 1. The first-order valence-corrected chi connectivity index (χ1v) is 8.98. The maximum absolute atomic E-state index is 12.0. The zero-order valence-electron chi connectivity index (χ0n) is 13.7. The van der Waals surface area contributed by atoms with Gasteiger partial charge in [-0.1, -0.05) is 11.2 Å². The molecular formula is C16H23ClN4O2S. The molecule has 2 aromatic rings. The summed E-state index contributed by atoms with van der Waals surface area (Å²) in [6.07, 6.45) is 3.85. The van der Waals surface area contributed by atoms with Crippen molar-refractivity contribution in [3.05, 3.63) is 23.4 Å². The van der Waals surface area contributed by atoms with E-state index in [1.807, 2.05) is 17.5 Å². The van der Waals surface area contributed by atoms with Gasteiger partial charge in [-0.3, -0.25) is 4.79 Å². The lowest BCUT2D eigenvalue weighted by Crippen LogP contribution is -2.46. The summed E-state index contributed by atoms with van der Waals surface area (Å²) in [5, 5.41) is 12.5. The van der Waals surface area contributed by atoms with Crippen LogP contribution in [-0.2, 0) is 11.2 Å². The van der Waals surface area contributed by atoms with Gasteiger partial charge in [-0.25, -0.2) is 0 Å². The number of hydrogen-bond donors (Lipinski definition) is 2. The van der Waals surface area contributed by atoms with Gasteiger partial charge in [0.05, 0.1) is 4.88 Å². The Bertz CT molecular complexity index is 632. The monoisotopic (exact) mass is 370 g/mol. The van der Waals surface area contributed by atoms with Gasteiger partial charge in [0.15, 0.2) is 0 Å². The van der Waals surface area contributed by atoms with Gasteiger partial charge < -0.3 is 15.2 Å². The van der Waals surface area contributed by atoms with Crippen molar-refractivity contribution in [1.29, 1.82) is 0 Å². The fourth-order valence-corrected chi connectivity index (χ4v) is 3.47. The molecule has 3 heterocycles. The Morgan fingerprint density at radius 2 is 2.42 bits per heavy atom. The molecule has 0 radical (unpaired) electrons. The molecule has 0 aromatic carbocycles. The number of rotatable bonds is 6. The van der Waals surface area contributed by atoms with Gasteiger partial charge in [0, 0.05) is 24.9 Å². The van der Waals surface area contributed by atoms with Crippen LogP contribution in [0.4, 0.5) is 0 Å². The molecule has 1 fully saturated rings. The lowest BCUT2D eigenvalue weighted by Gasteiger charge is -2.28. The minimum atomic E-state index is 0. The molecule has 8 heteroatoms. The van der Waals surface area contributed by atoms with Crippen molar-refractivity contribution in [2.24, 2.45) is 0 Å². The van der Waals surface area contributed by atoms with E-state index in [4.69, 9.17) is 4.52 Å². The predicted molar refractivity (Wildman–Crippen MR) is 96.4 cm³/mol. The summed E-state index contributed by atoms with van der Waals surface area (Å²) in [6.45, 7) is 3.12. The smallest absolute Gasteiger partial charge is 0.226 e. The number of aryl methyl sites for hydroxylation is 1. The minimum absolute atomic E-state index is 0. The molecule has 3 rings (SSSR count). The number of thiophene rings is 1. The second kappa shape index (κ2) is 9.15. The SMILES string of the molecule is CC1CC(NC(=O)CCCc2nc(-c3cccs3)no2)CCN1.Cl. The number of nitrogens with one attached hydrogen (secondary N) is 2. The van der Waals surface area contributed by atoms with Crippen molar-refractivity contribution < 1.29 is 9.32 Å². The number of piperidine rings is 1. The Labute approximate surface area is 151 Å². The third-order valence-corrected chi connectivity index (χ3v) is 4.86. The summed E-state index contributed by atoms with van der Waals surface area (Å²) in [4.78, 5) is 17.4. The molecule has 0 spiro atoms. The molecule has 2 aromatic heterocycles. The summed E-state index contributed by atoms with van der Waals surface area (Å²) in [5.41, 5.74) is 0. The van der Waals surface area contributed by atoms with E-state index in [1.165, 1.54) is 0 Å². The van der Waals surface area contributed by atoms with Gasteiger partial charge in [0.25, 0.3) is 0 Å². The largest absolute Gasteiger partial charge is 0.353 e. The second-order valence-corrected chi connectivity index (χ2v) is 6.93. The second-order valence-electron chi connectivity index (χ2n) is 5.99. The van der Waals surface area contributed by atoms with Crippen LogP contribution in [0, 0.1) is 0 Å². The highest BCUT2D eigenvalue weighted by Crippen LogP contribution is 2.21. The number of nitrogens with zero attached hydrogens (tertiary/aromatic N) is 2. The van der Waals surface area contributed by atoms with Crippen molar-refractivity contribution in [2.45, 2.75) is 51.1 Å². The first kappa shape index (κ1) is 18.9. The number of aromatic nitrogens is 2. The molecule has 1 aliphatic heterocycles. The molecule has 0 saturated carbocycles. The summed E-state index contributed by atoms with van der Waals surface area (Å²) >= 11 is 1.58. The molecule has 0 aliphatic carbocycles. The Hall–Kier alpha value is -1.44. The van der Waals surface area contributed by atoms with Crippen molar-refractivity contribution in [3.63, 3.8) is 0 Å². The molecule has 132 valence electrons. The first-order chi connectivity index (χ1) is 11.2. The van der Waals surface area contributed by atoms with E-state index < -0.39 is 0 Å². The fraction of sp³-hybridized carbons (Fsp3) is 0.562. The van der Waals surface area contributed by atoms with Gasteiger partial charge in [-0.05, 0) is 44.2 Å². The Kier molecular flexibility index (Phi) is 7.20. The van der Waals surface area contributed by atoms with Gasteiger partial charge in [0.1, 0.15) is 0 Å². The first-order valence-electron chi connectivity index (χ1n) is 8.10. The van der Waals surface area contributed by atoms with Gasteiger partial charge in [0.2, 0.25) is 17.6 Å². The normalized spacial score (nSPS) is 20.4. The quantitative estimate of drug-likeness (QED) is 0.817. The highest BCUT2D eigenvalue weighted by atomic mass is 35.5. The van der Waals surface area contributed by atoms with Crippen LogP contribution in [0.1, 0.15) is 38.5 Å². The summed E-state index contributed by atoms with van der Waals surface area (Å²) in [6, 6.07) is 4.70. The van der Waals surface area contributed by atoms with Gasteiger partial charge >= 0.3 is 0 Å². The molecule has 1 amide bonds. The highest BCUT2D eigenvalue weighted by Gasteiger charge is 2.19. The molecule has 0 bridgehead atoms. The fourth-order valence-electron chi connectivity index (χ4n) is 2.83. The third kappa shape index (κ3) is 5.29. The Balaban J connectivity index is 0.00000208. The highest BCUT2D eigenvalue weighted by molar-refractivity contribution is 7.13. The van der Waals surface area contributed by atoms with Crippen molar-refractivity contribution >= 4 is 29.7 Å².